The van der Waals surface area contributed by atoms with Crippen molar-refractivity contribution >= 4 is 17.5 Å². The number of carbonyl (C=O) groups excluding carboxylic acids is 2. The molecule has 0 unspecified atom stereocenters. The van der Waals surface area contributed by atoms with E-state index in [-0.39, 0.29) is 24.3 Å². The van der Waals surface area contributed by atoms with Crippen molar-refractivity contribution in [3.05, 3.63) is 11.4 Å². The highest BCUT2D eigenvalue weighted by atomic mass is 16.2. The number of nitrogens with zero attached hydrogens (tertiary/aromatic N) is 3. The van der Waals surface area contributed by atoms with Crippen molar-refractivity contribution in [1.82, 2.24) is 14.7 Å². The van der Waals surface area contributed by atoms with Gasteiger partial charge in [-0.2, -0.15) is 5.10 Å². The van der Waals surface area contributed by atoms with Crippen LogP contribution >= 0.6 is 0 Å². The normalized spacial score (nSPS) is 16.4. The third-order valence-corrected chi connectivity index (χ3v) is 3.97. The van der Waals surface area contributed by atoms with Gasteiger partial charge in [0.1, 0.15) is 6.54 Å². The molecule has 7 heteroatoms. The zero-order valence-corrected chi connectivity index (χ0v) is 11.9. The highest BCUT2D eigenvalue weighted by molar-refractivity contribution is 5.78. The Morgan fingerprint density at radius 1 is 1.30 bits per heavy atom. The third-order valence-electron chi connectivity index (χ3n) is 3.97. The first-order valence-electron chi connectivity index (χ1n) is 6.76. The molecule has 1 aromatic rings. The van der Waals surface area contributed by atoms with Gasteiger partial charge in [-0.15, -0.1) is 0 Å². The number of anilines is 1. The van der Waals surface area contributed by atoms with Crippen LogP contribution in [0.25, 0.3) is 0 Å². The minimum absolute atomic E-state index is 0.00137. The number of piperidine rings is 1. The number of rotatable bonds is 3. The minimum atomic E-state index is -0.275. The number of amides is 2. The molecule has 110 valence electrons. The first kappa shape index (κ1) is 14.4. The predicted molar refractivity (Wildman–Crippen MR) is 74.6 cm³/mol. The van der Waals surface area contributed by atoms with E-state index in [1.165, 1.54) is 0 Å². The van der Waals surface area contributed by atoms with E-state index in [4.69, 9.17) is 11.5 Å². The summed E-state index contributed by atoms with van der Waals surface area (Å²) in [5.41, 5.74) is 13.3. The molecule has 1 aliphatic heterocycles. The second-order valence-corrected chi connectivity index (χ2v) is 5.30. The fourth-order valence-electron chi connectivity index (χ4n) is 2.51. The Bertz CT molecular complexity index is 529. The number of aromatic nitrogens is 2. The van der Waals surface area contributed by atoms with E-state index in [1.807, 2.05) is 13.8 Å². The van der Waals surface area contributed by atoms with Gasteiger partial charge in [0.2, 0.25) is 11.8 Å². The zero-order chi connectivity index (χ0) is 14.9. The summed E-state index contributed by atoms with van der Waals surface area (Å²) in [5.74, 6) is -0.384. The quantitative estimate of drug-likeness (QED) is 0.799. The van der Waals surface area contributed by atoms with Crippen molar-refractivity contribution in [2.45, 2.75) is 33.2 Å². The molecule has 20 heavy (non-hydrogen) atoms. The van der Waals surface area contributed by atoms with Gasteiger partial charge >= 0.3 is 0 Å². The van der Waals surface area contributed by atoms with Gasteiger partial charge in [-0.3, -0.25) is 14.3 Å². The second kappa shape index (κ2) is 5.52. The Labute approximate surface area is 117 Å². The van der Waals surface area contributed by atoms with Gasteiger partial charge in [0.25, 0.3) is 0 Å². The number of hydrogen-bond acceptors (Lipinski definition) is 4. The van der Waals surface area contributed by atoms with E-state index in [0.29, 0.717) is 31.6 Å². The van der Waals surface area contributed by atoms with E-state index in [9.17, 15) is 9.59 Å². The van der Waals surface area contributed by atoms with E-state index in [1.54, 1.807) is 9.58 Å². The average Bonchev–Trinajstić information content (AvgIpc) is 2.66. The van der Waals surface area contributed by atoms with E-state index in [2.05, 4.69) is 5.10 Å². The molecule has 0 aromatic carbocycles. The van der Waals surface area contributed by atoms with E-state index in [0.717, 1.165) is 11.4 Å². The first-order valence-corrected chi connectivity index (χ1v) is 6.76. The lowest BCUT2D eigenvalue weighted by molar-refractivity contribution is -0.135. The van der Waals surface area contributed by atoms with Gasteiger partial charge in [-0.05, 0) is 26.7 Å². The Morgan fingerprint density at radius 2 is 1.90 bits per heavy atom. The molecule has 0 aliphatic carbocycles. The lowest BCUT2D eigenvalue weighted by Gasteiger charge is -2.30. The number of carbonyl (C=O) groups is 2. The highest BCUT2D eigenvalue weighted by Crippen LogP contribution is 2.18. The van der Waals surface area contributed by atoms with E-state index >= 15 is 0 Å². The molecular formula is C13H21N5O2. The van der Waals surface area contributed by atoms with Crippen LogP contribution in [0.15, 0.2) is 0 Å². The maximum Gasteiger partial charge on any atom is 0.244 e. The molecule has 0 saturated carbocycles. The van der Waals surface area contributed by atoms with Crippen molar-refractivity contribution in [3.8, 4) is 0 Å². The molecule has 0 radical (unpaired) electrons. The SMILES string of the molecule is Cc1nn(CC(=O)N2CCC(C(N)=O)CC2)c(C)c1N. The highest BCUT2D eigenvalue weighted by Gasteiger charge is 2.26. The molecule has 1 aliphatic rings. The van der Waals surface area contributed by atoms with Crippen LogP contribution in [0.4, 0.5) is 5.69 Å². The number of primary amides is 1. The summed E-state index contributed by atoms with van der Waals surface area (Å²) in [6.07, 6.45) is 1.28. The van der Waals surface area contributed by atoms with Crippen LogP contribution in [0.2, 0.25) is 0 Å². The molecule has 1 fully saturated rings. The maximum absolute atomic E-state index is 12.2. The fraction of sp³-hybridized carbons (Fsp3) is 0.615. The monoisotopic (exact) mass is 279 g/mol. The number of nitrogens with two attached hydrogens (primary N) is 2. The molecule has 2 heterocycles. The van der Waals surface area contributed by atoms with Crippen LogP contribution < -0.4 is 11.5 Å². The van der Waals surface area contributed by atoms with E-state index < -0.39 is 0 Å². The molecule has 4 N–H and O–H groups in total. The van der Waals surface area contributed by atoms with Crippen molar-refractivity contribution in [3.63, 3.8) is 0 Å². The standard InChI is InChI=1S/C13H21N5O2/c1-8-12(14)9(2)18(16-8)7-11(19)17-5-3-10(4-6-17)13(15)20/h10H,3-7,14H2,1-2H3,(H2,15,20). The Morgan fingerprint density at radius 3 is 2.35 bits per heavy atom. The van der Waals surface area contributed by atoms with Gasteiger partial charge in [0, 0.05) is 19.0 Å². The first-order chi connectivity index (χ1) is 9.40. The van der Waals surface area contributed by atoms with Gasteiger partial charge < -0.3 is 16.4 Å². The van der Waals surface area contributed by atoms with Crippen molar-refractivity contribution in [2.75, 3.05) is 18.8 Å². The van der Waals surface area contributed by atoms with Crippen molar-refractivity contribution in [1.29, 1.82) is 0 Å². The minimum Gasteiger partial charge on any atom is -0.396 e. The van der Waals surface area contributed by atoms with Crippen LogP contribution in [0.1, 0.15) is 24.2 Å². The Kier molecular flexibility index (Phi) is 3.96. The summed E-state index contributed by atoms with van der Waals surface area (Å²) in [6.45, 7) is 5.00. The topological polar surface area (TPSA) is 107 Å². The molecule has 1 aromatic heterocycles. The van der Waals surface area contributed by atoms with Gasteiger partial charge in [0.05, 0.1) is 17.1 Å². The van der Waals surface area contributed by atoms with Crippen LogP contribution in [0.3, 0.4) is 0 Å². The van der Waals surface area contributed by atoms with Crippen molar-refractivity contribution in [2.24, 2.45) is 11.7 Å². The molecule has 0 atom stereocenters. The lowest BCUT2D eigenvalue weighted by atomic mass is 9.96. The third kappa shape index (κ3) is 2.76. The van der Waals surface area contributed by atoms with Crippen LogP contribution in [0.5, 0.6) is 0 Å². The molecule has 2 rings (SSSR count). The molecule has 2 amide bonds. The van der Waals surface area contributed by atoms with Crippen molar-refractivity contribution < 1.29 is 9.59 Å². The van der Waals surface area contributed by atoms with Crippen LogP contribution in [-0.4, -0.2) is 39.6 Å². The fourth-order valence-corrected chi connectivity index (χ4v) is 2.51. The summed E-state index contributed by atoms with van der Waals surface area (Å²) in [6, 6.07) is 0. The number of likely N-dealkylation sites (tertiary alicyclic amines) is 1. The van der Waals surface area contributed by atoms with Crippen LogP contribution in [-0.2, 0) is 16.1 Å². The van der Waals surface area contributed by atoms with Gasteiger partial charge in [0.15, 0.2) is 0 Å². The smallest absolute Gasteiger partial charge is 0.244 e. The predicted octanol–water partition coefficient (Wildman–Crippen LogP) is -0.194. The zero-order valence-electron chi connectivity index (χ0n) is 11.9. The van der Waals surface area contributed by atoms with Crippen LogP contribution in [0, 0.1) is 19.8 Å². The number of hydrogen-bond donors (Lipinski definition) is 2. The second-order valence-electron chi connectivity index (χ2n) is 5.30. The maximum atomic E-state index is 12.2. The largest absolute Gasteiger partial charge is 0.396 e. The molecule has 1 saturated heterocycles. The summed E-state index contributed by atoms with van der Waals surface area (Å²) in [7, 11) is 0. The Hall–Kier alpha value is -2.05. The summed E-state index contributed by atoms with van der Waals surface area (Å²) in [5, 5.41) is 4.26. The summed E-state index contributed by atoms with van der Waals surface area (Å²) < 4.78 is 1.63. The average molecular weight is 279 g/mol. The van der Waals surface area contributed by atoms with Gasteiger partial charge in [-0.1, -0.05) is 0 Å². The summed E-state index contributed by atoms with van der Waals surface area (Å²) in [4.78, 5) is 25.1. The lowest BCUT2D eigenvalue weighted by Crippen LogP contribution is -2.43. The molecule has 0 spiro atoms. The summed E-state index contributed by atoms with van der Waals surface area (Å²) >= 11 is 0. The molecular weight excluding hydrogens is 258 g/mol. The number of aryl methyl sites for hydroxylation is 1. The van der Waals surface area contributed by atoms with Gasteiger partial charge in [-0.25, -0.2) is 0 Å². The number of nitrogen functional groups attached to an aromatic ring is 1. The Balaban J connectivity index is 1.96. The molecule has 7 nitrogen and oxygen atoms in total. The molecule has 0 bridgehead atoms.